The van der Waals surface area contributed by atoms with Crippen LogP contribution < -0.4 is 5.32 Å². The van der Waals surface area contributed by atoms with Crippen LogP contribution in [0.4, 0.5) is 26.3 Å². The van der Waals surface area contributed by atoms with E-state index in [0.717, 1.165) is 36.3 Å². The summed E-state index contributed by atoms with van der Waals surface area (Å²) < 4.78 is 84.8. The van der Waals surface area contributed by atoms with Gasteiger partial charge in [0.1, 0.15) is 0 Å². The highest BCUT2D eigenvalue weighted by Crippen LogP contribution is 2.46. The standard InChI is InChI=1S/C28H26F6N2O3/c1-17-22(23(37)19-11-6-3-7-12-19)26(28(32,33)34,25(39)36(17)16-18-9-4-2-5-10-18)35-24(38)20-13-8-14-21(15-20)27(29,30)31/h3,6-8,11-15,18H,2,4-5,9-10,16H2,1H3,(H,35,38)/t26-/m0/s1. The zero-order valence-electron chi connectivity index (χ0n) is 21.0. The molecule has 208 valence electrons. The van der Waals surface area contributed by atoms with Gasteiger partial charge in [0.25, 0.3) is 11.8 Å². The number of allylic oxidation sites excluding steroid dienone is 1. The third kappa shape index (κ3) is 5.31. The number of carbonyl (C=O) groups excluding carboxylic acids is 3. The van der Waals surface area contributed by atoms with Gasteiger partial charge in [-0.25, -0.2) is 0 Å². The molecular weight excluding hydrogens is 526 g/mol. The molecule has 1 atom stereocenters. The van der Waals surface area contributed by atoms with Crippen LogP contribution in [0.2, 0.25) is 0 Å². The molecule has 2 aromatic carbocycles. The van der Waals surface area contributed by atoms with Crippen molar-refractivity contribution in [3.05, 3.63) is 82.6 Å². The predicted molar refractivity (Wildman–Crippen MR) is 129 cm³/mol. The Hall–Kier alpha value is -3.63. The first-order valence-corrected chi connectivity index (χ1v) is 12.5. The van der Waals surface area contributed by atoms with Crippen molar-refractivity contribution in [2.24, 2.45) is 5.92 Å². The van der Waals surface area contributed by atoms with Gasteiger partial charge < -0.3 is 10.2 Å². The van der Waals surface area contributed by atoms with E-state index in [4.69, 9.17) is 0 Å². The van der Waals surface area contributed by atoms with E-state index in [2.05, 4.69) is 0 Å². The Kier molecular flexibility index (Phi) is 7.64. The maximum atomic E-state index is 15.0. The van der Waals surface area contributed by atoms with Gasteiger partial charge in [0.15, 0.2) is 5.78 Å². The average molecular weight is 553 g/mol. The molecule has 1 aliphatic heterocycles. The molecule has 11 heteroatoms. The van der Waals surface area contributed by atoms with E-state index in [1.165, 1.54) is 31.2 Å². The summed E-state index contributed by atoms with van der Waals surface area (Å²) in [7, 11) is 0. The Balaban J connectivity index is 1.84. The molecule has 1 N–H and O–H groups in total. The smallest absolute Gasteiger partial charge is 0.326 e. The van der Waals surface area contributed by atoms with Crippen molar-refractivity contribution in [3.8, 4) is 0 Å². The Morgan fingerprint density at radius 1 is 0.923 bits per heavy atom. The monoisotopic (exact) mass is 552 g/mol. The Morgan fingerprint density at radius 2 is 1.54 bits per heavy atom. The molecule has 0 unspecified atom stereocenters. The fourth-order valence-corrected chi connectivity index (χ4v) is 5.31. The largest absolute Gasteiger partial charge is 0.425 e. The minimum Gasteiger partial charge on any atom is -0.326 e. The summed E-state index contributed by atoms with van der Waals surface area (Å²) in [6.45, 7) is 1.15. The average Bonchev–Trinajstić information content (AvgIpc) is 3.10. The minimum atomic E-state index is -5.50. The van der Waals surface area contributed by atoms with Crippen molar-refractivity contribution in [1.82, 2.24) is 10.2 Å². The first-order valence-electron chi connectivity index (χ1n) is 12.5. The molecular formula is C28H26F6N2O3. The van der Waals surface area contributed by atoms with Gasteiger partial charge in [0.2, 0.25) is 5.54 Å². The Morgan fingerprint density at radius 3 is 2.13 bits per heavy atom. The molecule has 2 amide bonds. The summed E-state index contributed by atoms with van der Waals surface area (Å²) in [6.07, 6.45) is -6.31. The van der Waals surface area contributed by atoms with E-state index >= 15 is 13.2 Å². The van der Waals surface area contributed by atoms with Gasteiger partial charge in [-0.2, -0.15) is 26.3 Å². The fraction of sp³-hybridized carbons (Fsp3) is 0.393. The highest BCUT2D eigenvalue weighted by Gasteiger charge is 2.70. The normalized spacial score (nSPS) is 20.9. The summed E-state index contributed by atoms with van der Waals surface area (Å²) in [4.78, 5) is 41.3. The number of Topliss-reactive ketones (excluding diaryl/α,β-unsaturated/α-hetero) is 1. The number of halogens is 6. The molecule has 0 saturated heterocycles. The van der Waals surface area contributed by atoms with E-state index in [0.29, 0.717) is 25.0 Å². The summed E-state index contributed by atoms with van der Waals surface area (Å²) >= 11 is 0. The van der Waals surface area contributed by atoms with Crippen LogP contribution in [0, 0.1) is 5.92 Å². The summed E-state index contributed by atoms with van der Waals surface area (Å²) in [5.74, 6) is -4.35. The van der Waals surface area contributed by atoms with Gasteiger partial charge in [0, 0.05) is 23.4 Å². The van der Waals surface area contributed by atoms with Crippen LogP contribution in [0.1, 0.15) is 65.3 Å². The molecule has 1 heterocycles. The van der Waals surface area contributed by atoms with E-state index in [1.807, 2.05) is 0 Å². The molecule has 5 nitrogen and oxygen atoms in total. The van der Waals surface area contributed by atoms with Crippen LogP contribution in [-0.2, 0) is 11.0 Å². The van der Waals surface area contributed by atoms with E-state index < -0.39 is 52.2 Å². The van der Waals surface area contributed by atoms with Crippen molar-refractivity contribution in [2.75, 3.05) is 6.54 Å². The molecule has 0 aromatic heterocycles. The SMILES string of the molecule is CC1=C(C(=O)c2ccccc2)[C@@](NC(=O)c2cccc(C(F)(F)F)c2)(C(F)(F)F)C(=O)N1CC1CCCCC1. The fourth-order valence-electron chi connectivity index (χ4n) is 5.31. The Labute approximate surface area is 220 Å². The van der Waals surface area contributed by atoms with Gasteiger partial charge in [-0.1, -0.05) is 55.7 Å². The van der Waals surface area contributed by atoms with Gasteiger partial charge in [-0.15, -0.1) is 0 Å². The van der Waals surface area contributed by atoms with Crippen LogP contribution in [0.5, 0.6) is 0 Å². The van der Waals surface area contributed by atoms with E-state index in [9.17, 15) is 27.6 Å². The second-order valence-corrected chi connectivity index (χ2v) is 9.86. The van der Waals surface area contributed by atoms with Crippen molar-refractivity contribution in [1.29, 1.82) is 0 Å². The number of ketones is 1. The Bertz CT molecular complexity index is 1300. The summed E-state index contributed by atoms with van der Waals surface area (Å²) in [5, 5.41) is 1.67. The molecule has 1 fully saturated rings. The van der Waals surface area contributed by atoms with Crippen LogP contribution in [-0.4, -0.2) is 40.8 Å². The molecule has 0 bridgehead atoms. The maximum absolute atomic E-state index is 15.0. The molecule has 0 spiro atoms. The summed E-state index contributed by atoms with van der Waals surface area (Å²) in [6, 6.07) is 9.85. The number of nitrogens with zero attached hydrogens (tertiary/aromatic N) is 1. The lowest BCUT2D eigenvalue weighted by Gasteiger charge is -2.34. The highest BCUT2D eigenvalue weighted by atomic mass is 19.4. The topological polar surface area (TPSA) is 66.5 Å². The highest BCUT2D eigenvalue weighted by molar-refractivity contribution is 6.19. The molecule has 4 rings (SSSR count). The van der Waals surface area contributed by atoms with Crippen molar-refractivity contribution < 1.29 is 40.7 Å². The first kappa shape index (κ1) is 28.4. The third-order valence-corrected chi connectivity index (χ3v) is 7.31. The lowest BCUT2D eigenvalue weighted by molar-refractivity contribution is -0.189. The number of rotatable bonds is 6. The van der Waals surface area contributed by atoms with Crippen molar-refractivity contribution in [2.45, 2.75) is 56.9 Å². The number of benzene rings is 2. The van der Waals surface area contributed by atoms with Crippen LogP contribution in [0.15, 0.2) is 65.9 Å². The number of hydrogen-bond donors (Lipinski definition) is 1. The summed E-state index contributed by atoms with van der Waals surface area (Å²) in [5.41, 5.74) is -7.13. The van der Waals surface area contributed by atoms with Crippen LogP contribution in [0.3, 0.4) is 0 Å². The molecule has 0 radical (unpaired) electrons. The number of nitrogens with one attached hydrogen (secondary N) is 1. The van der Waals surface area contributed by atoms with Gasteiger partial charge in [-0.3, -0.25) is 14.4 Å². The van der Waals surface area contributed by atoms with Gasteiger partial charge in [0.05, 0.1) is 11.1 Å². The number of amides is 2. The van der Waals surface area contributed by atoms with Crippen molar-refractivity contribution >= 4 is 17.6 Å². The molecule has 2 aliphatic rings. The van der Waals surface area contributed by atoms with Crippen LogP contribution in [0.25, 0.3) is 0 Å². The van der Waals surface area contributed by atoms with Gasteiger partial charge >= 0.3 is 12.4 Å². The van der Waals surface area contributed by atoms with E-state index in [1.54, 1.807) is 11.4 Å². The lowest BCUT2D eigenvalue weighted by atomic mass is 9.84. The second-order valence-electron chi connectivity index (χ2n) is 9.86. The quantitative estimate of drug-likeness (QED) is 0.337. The first-order chi connectivity index (χ1) is 18.3. The predicted octanol–water partition coefficient (Wildman–Crippen LogP) is 6.32. The van der Waals surface area contributed by atoms with Crippen molar-refractivity contribution in [3.63, 3.8) is 0 Å². The molecule has 1 saturated carbocycles. The zero-order chi connectivity index (χ0) is 28.6. The molecule has 39 heavy (non-hydrogen) atoms. The second kappa shape index (κ2) is 10.5. The van der Waals surface area contributed by atoms with E-state index in [-0.39, 0.29) is 23.7 Å². The minimum absolute atomic E-state index is 0.0759. The maximum Gasteiger partial charge on any atom is 0.425 e. The zero-order valence-corrected chi connectivity index (χ0v) is 21.0. The molecule has 2 aromatic rings. The third-order valence-electron chi connectivity index (χ3n) is 7.31. The number of alkyl halides is 6. The number of hydrogen-bond acceptors (Lipinski definition) is 3. The molecule has 1 aliphatic carbocycles. The van der Waals surface area contributed by atoms with Gasteiger partial charge in [-0.05, 0) is 43.9 Å². The number of carbonyl (C=O) groups is 3. The lowest BCUT2D eigenvalue weighted by Crippen LogP contribution is -2.66. The van der Waals surface area contributed by atoms with Crippen LogP contribution >= 0.6 is 0 Å².